The lowest BCUT2D eigenvalue weighted by molar-refractivity contribution is -0.148. The number of nitrogens with one attached hydrogen (secondary N) is 1. The van der Waals surface area contributed by atoms with Gasteiger partial charge in [-0.05, 0) is 37.1 Å². The maximum Gasteiger partial charge on any atom is 0.260 e. The van der Waals surface area contributed by atoms with Crippen LogP contribution in [0.5, 0.6) is 5.75 Å². The van der Waals surface area contributed by atoms with Crippen LogP contribution in [0.2, 0.25) is 0 Å². The minimum atomic E-state index is -1.01. The summed E-state index contributed by atoms with van der Waals surface area (Å²) < 4.78 is 14.5. The van der Waals surface area contributed by atoms with Crippen LogP contribution in [0.25, 0.3) is 0 Å². The molecule has 0 saturated carbocycles. The molecule has 3 rings (SSSR count). The van der Waals surface area contributed by atoms with Gasteiger partial charge in [0.05, 0.1) is 12.6 Å². The number of rotatable bonds is 2. The number of phenolic OH excluding ortho intramolecular Hbond substituents is 1. The van der Waals surface area contributed by atoms with Gasteiger partial charge in [0.15, 0.2) is 0 Å². The van der Waals surface area contributed by atoms with Gasteiger partial charge in [0.1, 0.15) is 11.9 Å². The van der Waals surface area contributed by atoms with Gasteiger partial charge in [0.25, 0.3) is 5.91 Å². The Morgan fingerprint density at radius 2 is 2.05 bits per heavy atom. The van der Waals surface area contributed by atoms with Gasteiger partial charge < -0.3 is 5.11 Å². The Kier molecular flexibility index (Phi) is 4.07. The first-order valence-electron chi connectivity index (χ1n) is 7.24. The molecule has 2 saturated heterocycles. The highest BCUT2D eigenvalue weighted by Gasteiger charge is 2.37. The molecule has 114 valence electrons. The fourth-order valence-corrected chi connectivity index (χ4v) is 3.15. The largest absolute Gasteiger partial charge is 0.508 e. The fraction of sp³-hybridized carbons (Fsp3) is 0.533. The Hall–Kier alpha value is -1.66. The first-order valence-corrected chi connectivity index (χ1v) is 7.24. The number of hydroxylamine groups is 1. The molecule has 1 aromatic rings. The molecule has 5 nitrogen and oxygen atoms in total. The van der Waals surface area contributed by atoms with Crippen LogP contribution < -0.4 is 5.48 Å². The van der Waals surface area contributed by atoms with Gasteiger partial charge in [-0.3, -0.25) is 14.5 Å². The summed E-state index contributed by atoms with van der Waals surface area (Å²) in [5.41, 5.74) is 3.26. The molecule has 3 atom stereocenters. The summed E-state index contributed by atoms with van der Waals surface area (Å²) in [6, 6.07) is 6.41. The van der Waals surface area contributed by atoms with Crippen molar-refractivity contribution in [1.82, 2.24) is 10.4 Å². The molecule has 2 unspecified atom stereocenters. The molecule has 0 bridgehead atoms. The molecule has 0 spiro atoms. The smallest absolute Gasteiger partial charge is 0.260 e. The van der Waals surface area contributed by atoms with Gasteiger partial charge in [0, 0.05) is 12.5 Å². The summed E-state index contributed by atoms with van der Waals surface area (Å²) in [4.78, 5) is 18.6. The average molecular weight is 294 g/mol. The van der Waals surface area contributed by atoms with Crippen LogP contribution >= 0.6 is 0 Å². The number of likely N-dealkylation sites (tertiary alicyclic amines) is 1. The molecule has 21 heavy (non-hydrogen) atoms. The summed E-state index contributed by atoms with van der Waals surface area (Å²) in [5.74, 6) is -0.174. The van der Waals surface area contributed by atoms with Gasteiger partial charge in [-0.25, -0.2) is 9.87 Å². The third-order valence-corrected chi connectivity index (χ3v) is 4.30. The molecular weight excluding hydrogens is 275 g/mol. The highest BCUT2D eigenvalue weighted by Crippen LogP contribution is 2.32. The van der Waals surface area contributed by atoms with E-state index in [2.05, 4.69) is 5.48 Å². The van der Waals surface area contributed by atoms with Gasteiger partial charge in [-0.1, -0.05) is 12.1 Å². The Balaban J connectivity index is 1.66. The molecule has 2 aliphatic heterocycles. The van der Waals surface area contributed by atoms with E-state index in [0.29, 0.717) is 26.0 Å². The third kappa shape index (κ3) is 3.01. The molecule has 6 heteroatoms. The number of nitrogens with zero attached hydrogens (tertiary/aromatic N) is 1. The second-order valence-corrected chi connectivity index (χ2v) is 5.62. The molecule has 1 aromatic carbocycles. The minimum Gasteiger partial charge on any atom is -0.508 e. The molecule has 2 N–H and O–H groups in total. The highest BCUT2D eigenvalue weighted by molar-refractivity contribution is 5.81. The van der Waals surface area contributed by atoms with E-state index >= 15 is 0 Å². The van der Waals surface area contributed by atoms with Gasteiger partial charge in [0.2, 0.25) is 0 Å². The first kappa shape index (κ1) is 14.3. The Bertz CT molecular complexity index is 508. The van der Waals surface area contributed by atoms with Crippen LogP contribution in [0.15, 0.2) is 24.3 Å². The zero-order valence-electron chi connectivity index (χ0n) is 11.7. The average Bonchev–Trinajstić information content (AvgIpc) is 2.49. The van der Waals surface area contributed by atoms with Crippen molar-refractivity contribution < 1.29 is 19.1 Å². The van der Waals surface area contributed by atoms with Crippen LogP contribution in [0.4, 0.5) is 4.39 Å². The molecule has 0 radical (unpaired) electrons. The summed E-state index contributed by atoms with van der Waals surface area (Å²) >= 11 is 0. The zero-order valence-corrected chi connectivity index (χ0v) is 11.7. The Labute approximate surface area is 122 Å². The predicted octanol–water partition coefficient (Wildman–Crippen LogP) is 1.34. The first-order chi connectivity index (χ1) is 10.1. The van der Waals surface area contributed by atoms with E-state index in [-0.39, 0.29) is 30.2 Å². The molecule has 2 aliphatic rings. The third-order valence-electron chi connectivity index (χ3n) is 4.30. The maximum atomic E-state index is 14.5. The van der Waals surface area contributed by atoms with E-state index in [1.54, 1.807) is 24.3 Å². The van der Waals surface area contributed by atoms with Crippen molar-refractivity contribution >= 4 is 5.91 Å². The predicted molar refractivity (Wildman–Crippen MR) is 74.4 cm³/mol. The summed E-state index contributed by atoms with van der Waals surface area (Å²) in [5, 5.41) is 9.30. The highest BCUT2D eigenvalue weighted by atomic mass is 19.1. The number of carbonyl (C=O) groups excluding carboxylic acids is 1. The van der Waals surface area contributed by atoms with Crippen molar-refractivity contribution in [3.63, 3.8) is 0 Å². The quantitative estimate of drug-likeness (QED) is 0.864. The van der Waals surface area contributed by atoms with Gasteiger partial charge in [-0.15, -0.1) is 0 Å². The fourth-order valence-electron chi connectivity index (χ4n) is 3.15. The normalized spacial score (nSPS) is 30.9. The van der Waals surface area contributed by atoms with Crippen LogP contribution in [0, 0.1) is 0 Å². The number of halogens is 1. The summed E-state index contributed by atoms with van der Waals surface area (Å²) in [6.45, 7) is 1.40. The van der Waals surface area contributed by atoms with Crippen LogP contribution in [0.1, 0.15) is 24.3 Å². The lowest BCUT2D eigenvalue weighted by atomic mass is 9.87. The lowest BCUT2D eigenvalue weighted by Crippen LogP contribution is -2.55. The second-order valence-electron chi connectivity index (χ2n) is 5.62. The number of piperidine rings is 1. The van der Waals surface area contributed by atoms with Crippen molar-refractivity contribution in [2.75, 3.05) is 19.7 Å². The lowest BCUT2D eigenvalue weighted by Gasteiger charge is -2.39. The van der Waals surface area contributed by atoms with Gasteiger partial charge >= 0.3 is 0 Å². The molecule has 0 aliphatic carbocycles. The van der Waals surface area contributed by atoms with E-state index in [4.69, 9.17) is 4.84 Å². The minimum absolute atomic E-state index is 0.176. The summed E-state index contributed by atoms with van der Waals surface area (Å²) in [6.07, 6.45) is 0.248. The van der Waals surface area contributed by atoms with Crippen LogP contribution in [-0.4, -0.2) is 47.8 Å². The molecular formula is C15H19FN2O3. The van der Waals surface area contributed by atoms with Crippen LogP contribution in [0.3, 0.4) is 0 Å². The number of aromatic hydroxyl groups is 1. The van der Waals surface area contributed by atoms with Crippen molar-refractivity contribution in [3.05, 3.63) is 29.8 Å². The number of hydrogen-bond donors (Lipinski definition) is 2. The Morgan fingerprint density at radius 1 is 1.29 bits per heavy atom. The Morgan fingerprint density at radius 3 is 2.71 bits per heavy atom. The molecule has 1 amide bonds. The van der Waals surface area contributed by atoms with E-state index in [1.165, 1.54) is 0 Å². The van der Waals surface area contributed by atoms with E-state index in [0.717, 1.165) is 5.56 Å². The van der Waals surface area contributed by atoms with E-state index in [9.17, 15) is 14.3 Å². The zero-order chi connectivity index (χ0) is 14.8. The number of alkyl halides is 1. The van der Waals surface area contributed by atoms with Crippen molar-refractivity contribution in [1.29, 1.82) is 0 Å². The van der Waals surface area contributed by atoms with Crippen molar-refractivity contribution in [3.8, 4) is 5.75 Å². The van der Waals surface area contributed by atoms with E-state index in [1.807, 2.05) is 4.90 Å². The standard InChI is InChI=1S/C15H19FN2O3/c16-13-9-18(14-6-8-21-17-15(14)20)7-5-12(13)10-1-3-11(19)4-2-10/h1-4,12-14,19H,5-9H2,(H,17,20)/t12?,13-,14?/m1/s1. The monoisotopic (exact) mass is 294 g/mol. The maximum absolute atomic E-state index is 14.5. The number of carbonyl (C=O) groups is 1. The second kappa shape index (κ2) is 5.99. The number of hydrogen-bond acceptors (Lipinski definition) is 4. The van der Waals surface area contributed by atoms with E-state index < -0.39 is 6.17 Å². The van der Waals surface area contributed by atoms with Crippen molar-refractivity contribution in [2.45, 2.75) is 31.0 Å². The molecule has 0 aromatic heterocycles. The number of amides is 1. The number of phenols is 1. The summed E-state index contributed by atoms with van der Waals surface area (Å²) in [7, 11) is 0. The molecule has 2 fully saturated rings. The number of benzene rings is 1. The molecule has 2 heterocycles. The van der Waals surface area contributed by atoms with Gasteiger partial charge in [-0.2, -0.15) is 0 Å². The SMILES string of the molecule is O=C1NOCCC1N1CCC(c2ccc(O)cc2)[C@H](F)C1. The topological polar surface area (TPSA) is 61.8 Å². The van der Waals surface area contributed by atoms with Crippen molar-refractivity contribution in [2.24, 2.45) is 0 Å². The van der Waals surface area contributed by atoms with Crippen LogP contribution in [-0.2, 0) is 9.63 Å².